The van der Waals surface area contributed by atoms with Crippen LogP contribution < -0.4 is 14.8 Å². The summed E-state index contributed by atoms with van der Waals surface area (Å²) in [5.41, 5.74) is 0.775. The van der Waals surface area contributed by atoms with E-state index in [1.54, 1.807) is 30.3 Å². The Morgan fingerprint density at radius 1 is 0.943 bits per heavy atom. The van der Waals surface area contributed by atoms with E-state index in [0.717, 1.165) is 5.41 Å². The maximum absolute atomic E-state index is 12.5. The van der Waals surface area contributed by atoms with E-state index in [1.807, 2.05) is 0 Å². The molecule has 35 heavy (non-hydrogen) atoms. The van der Waals surface area contributed by atoms with E-state index < -0.39 is 35.1 Å². The molecule has 0 aliphatic rings. The number of nitrogens with one attached hydrogen (secondary N) is 2. The number of alkyl halides is 2. The summed E-state index contributed by atoms with van der Waals surface area (Å²) in [6, 6.07) is 19.9. The number of rotatable bonds is 10. The number of carbonyl (C=O) groups excluding carboxylic acids is 2. The molecule has 182 valence electrons. The molecule has 8 nitrogen and oxygen atoms in total. The molecule has 0 heterocycles. The number of para-hydroxylation sites is 2. The summed E-state index contributed by atoms with van der Waals surface area (Å²) < 4.78 is 61.2. The van der Waals surface area contributed by atoms with Gasteiger partial charge < -0.3 is 14.8 Å². The van der Waals surface area contributed by atoms with Gasteiger partial charge in [-0.3, -0.25) is 9.52 Å². The molecule has 2 N–H and O–H groups in total. The first kappa shape index (κ1) is 25.4. The van der Waals surface area contributed by atoms with Crippen LogP contribution in [0.2, 0.25) is 0 Å². The maximum atomic E-state index is 12.5. The lowest BCUT2D eigenvalue weighted by Gasteiger charge is -2.12. The van der Waals surface area contributed by atoms with Crippen molar-refractivity contribution in [2.24, 2.45) is 0 Å². The highest BCUT2D eigenvalue weighted by Crippen LogP contribution is 2.25. The first-order valence-corrected chi connectivity index (χ1v) is 11.6. The van der Waals surface area contributed by atoms with E-state index in [2.05, 4.69) is 14.8 Å². The topological polar surface area (TPSA) is 111 Å². The second kappa shape index (κ2) is 11.7. The predicted molar refractivity (Wildman–Crippen MR) is 126 cm³/mol. The molecule has 3 aromatic carbocycles. The van der Waals surface area contributed by atoms with Crippen molar-refractivity contribution in [2.75, 3.05) is 16.6 Å². The largest absolute Gasteiger partial charge is 0.452 e. The van der Waals surface area contributed by atoms with Gasteiger partial charge in [-0.1, -0.05) is 48.5 Å². The number of esters is 1. The van der Waals surface area contributed by atoms with Crippen molar-refractivity contribution in [3.63, 3.8) is 0 Å². The smallest absolute Gasteiger partial charge is 0.387 e. The summed E-state index contributed by atoms with van der Waals surface area (Å²) in [5.74, 6) is -1.92. The SMILES string of the molecule is O=C(COC(=O)c1cccc(NS(=O)(=O)/C=C/c2ccccc2)c1)Nc1ccccc1OC(F)F. The molecule has 0 aliphatic heterocycles. The highest BCUT2D eigenvalue weighted by molar-refractivity contribution is 7.95. The van der Waals surface area contributed by atoms with Crippen molar-refractivity contribution < 1.29 is 36.3 Å². The molecule has 0 spiro atoms. The summed E-state index contributed by atoms with van der Waals surface area (Å²) in [7, 11) is -3.86. The predicted octanol–water partition coefficient (Wildman–Crippen LogP) is 4.50. The van der Waals surface area contributed by atoms with Crippen molar-refractivity contribution in [3.8, 4) is 5.75 Å². The molecule has 1 amide bonds. The zero-order valence-electron chi connectivity index (χ0n) is 18.1. The van der Waals surface area contributed by atoms with Crippen molar-refractivity contribution in [1.29, 1.82) is 0 Å². The Labute approximate surface area is 200 Å². The van der Waals surface area contributed by atoms with Crippen LogP contribution in [0.15, 0.2) is 84.3 Å². The number of amides is 1. The van der Waals surface area contributed by atoms with Crippen molar-refractivity contribution in [3.05, 3.63) is 95.4 Å². The van der Waals surface area contributed by atoms with Crippen molar-refractivity contribution in [1.82, 2.24) is 0 Å². The number of halogens is 2. The lowest BCUT2D eigenvalue weighted by Crippen LogP contribution is -2.21. The summed E-state index contributed by atoms with van der Waals surface area (Å²) >= 11 is 0. The normalized spacial score (nSPS) is 11.3. The standard InChI is InChI=1S/C24H20F2N2O6S/c25-24(26)34-21-12-5-4-11-20(21)27-22(29)16-33-23(30)18-9-6-10-19(15-18)28-35(31,32)14-13-17-7-2-1-3-8-17/h1-15,24,28H,16H2,(H,27,29)/b14-13+. The van der Waals surface area contributed by atoms with Gasteiger partial charge in [0.15, 0.2) is 6.61 Å². The van der Waals surface area contributed by atoms with Gasteiger partial charge >= 0.3 is 12.6 Å². The Morgan fingerprint density at radius 3 is 2.40 bits per heavy atom. The van der Waals surface area contributed by atoms with Crippen molar-refractivity contribution in [2.45, 2.75) is 6.61 Å². The van der Waals surface area contributed by atoms with Crippen LogP contribution >= 0.6 is 0 Å². The van der Waals surface area contributed by atoms with Crippen LogP contribution in [-0.4, -0.2) is 33.5 Å². The van der Waals surface area contributed by atoms with Gasteiger partial charge in [0.25, 0.3) is 15.9 Å². The third-order valence-electron chi connectivity index (χ3n) is 4.31. The van der Waals surface area contributed by atoms with Gasteiger partial charge in [-0.15, -0.1) is 0 Å². The maximum Gasteiger partial charge on any atom is 0.387 e. The first-order valence-electron chi connectivity index (χ1n) is 10.1. The number of hydrogen-bond donors (Lipinski definition) is 2. The second-order valence-electron chi connectivity index (χ2n) is 6.94. The van der Waals surface area contributed by atoms with Gasteiger partial charge in [0.1, 0.15) is 5.75 Å². The minimum absolute atomic E-state index is 0.00790. The third-order valence-corrected chi connectivity index (χ3v) is 5.32. The number of anilines is 2. The fourth-order valence-electron chi connectivity index (χ4n) is 2.81. The summed E-state index contributed by atoms with van der Waals surface area (Å²) in [6.45, 7) is -3.79. The molecule has 0 bridgehead atoms. The van der Waals surface area contributed by atoms with Gasteiger partial charge in [-0.05, 0) is 42.0 Å². The molecule has 0 saturated carbocycles. The van der Waals surface area contributed by atoms with Crippen LogP contribution in [0.5, 0.6) is 5.75 Å². The monoisotopic (exact) mass is 502 g/mol. The molecule has 0 atom stereocenters. The summed E-state index contributed by atoms with van der Waals surface area (Å²) in [6.07, 6.45) is 1.42. The van der Waals surface area contributed by atoms with E-state index in [9.17, 15) is 26.8 Å². The number of hydrogen-bond acceptors (Lipinski definition) is 6. The highest BCUT2D eigenvalue weighted by Gasteiger charge is 2.15. The van der Waals surface area contributed by atoms with E-state index in [-0.39, 0.29) is 22.7 Å². The fourth-order valence-corrected chi connectivity index (χ4v) is 3.67. The minimum Gasteiger partial charge on any atom is -0.452 e. The Morgan fingerprint density at radius 2 is 1.66 bits per heavy atom. The van der Waals surface area contributed by atoms with Crippen LogP contribution in [-0.2, 0) is 19.6 Å². The minimum atomic E-state index is -3.86. The molecular weight excluding hydrogens is 482 g/mol. The molecule has 0 unspecified atom stereocenters. The average Bonchev–Trinajstić information content (AvgIpc) is 2.83. The van der Waals surface area contributed by atoms with E-state index >= 15 is 0 Å². The molecular formula is C24H20F2N2O6S. The van der Waals surface area contributed by atoms with Gasteiger partial charge in [0, 0.05) is 5.69 Å². The number of benzene rings is 3. The molecule has 3 rings (SSSR count). The fraction of sp³-hybridized carbons (Fsp3) is 0.0833. The summed E-state index contributed by atoms with van der Waals surface area (Å²) in [4.78, 5) is 24.4. The quantitative estimate of drug-likeness (QED) is 0.395. The molecule has 0 saturated heterocycles. The molecule has 0 aliphatic carbocycles. The van der Waals surface area contributed by atoms with Gasteiger partial charge in [-0.25, -0.2) is 13.2 Å². The third kappa shape index (κ3) is 8.23. The van der Waals surface area contributed by atoms with Crippen LogP contribution in [0, 0.1) is 0 Å². The number of ether oxygens (including phenoxy) is 2. The number of sulfonamides is 1. The Hall–Kier alpha value is -4.25. The first-order chi connectivity index (χ1) is 16.7. The Balaban J connectivity index is 1.58. The lowest BCUT2D eigenvalue weighted by molar-refractivity contribution is -0.119. The second-order valence-corrected chi connectivity index (χ2v) is 8.51. The summed E-state index contributed by atoms with van der Waals surface area (Å²) in [5, 5.41) is 3.31. The Kier molecular flexibility index (Phi) is 8.52. The van der Waals surface area contributed by atoms with Crippen LogP contribution in [0.3, 0.4) is 0 Å². The van der Waals surface area contributed by atoms with E-state index in [1.165, 1.54) is 54.6 Å². The highest BCUT2D eigenvalue weighted by atomic mass is 32.2. The zero-order valence-corrected chi connectivity index (χ0v) is 18.9. The molecule has 11 heteroatoms. The van der Waals surface area contributed by atoms with Crippen molar-refractivity contribution >= 4 is 39.4 Å². The van der Waals surface area contributed by atoms with Gasteiger partial charge in [0.2, 0.25) is 0 Å². The van der Waals surface area contributed by atoms with E-state index in [0.29, 0.717) is 5.56 Å². The van der Waals surface area contributed by atoms with E-state index in [4.69, 9.17) is 4.74 Å². The average molecular weight is 502 g/mol. The van der Waals surface area contributed by atoms with Gasteiger partial charge in [0.05, 0.1) is 16.7 Å². The lowest BCUT2D eigenvalue weighted by atomic mass is 10.2. The van der Waals surface area contributed by atoms with Crippen LogP contribution in [0.25, 0.3) is 6.08 Å². The van der Waals surface area contributed by atoms with Crippen LogP contribution in [0.4, 0.5) is 20.2 Å². The Bertz CT molecular complexity index is 1310. The molecule has 0 fully saturated rings. The van der Waals surface area contributed by atoms with Gasteiger partial charge in [-0.2, -0.15) is 8.78 Å². The molecule has 0 radical (unpaired) electrons. The number of carbonyl (C=O) groups is 2. The van der Waals surface area contributed by atoms with Crippen LogP contribution in [0.1, 0.15) is 15.9 Å². The zero-order chi connectivity index (χ0) is 25.3. The molecule has 3 aromatic rings. The molecule has 0 aromatic heterocycles.